The molecular weight excluding hydrogens is 457 g/mol. The Morgan fingerprint density at radius 2 is 1.96 bits per heavy atom. The second kappa shape index (κ2) is 10.6. The zero-order chi connectivity index (χ0) is 18.4. The van der Waals surface area contributed by atoms with Crippen molar-refractivity contribution in [3.8, 4) is 0 Å². The minimum atomic E-state index is -0.606. The molecular formula is C19H34IN5O2. The first-order valence-electron chi connectivity index (χ1n) is 9.98. The smallest absolute Gasteiger partial charge is 0.194 e. The number of aryl methyl sites for hydroxylation is 1. The molecule has 2 heterocycles. The number of nitrogens with one attached hydrogen (secondary N) is 1. The van der Waals surface area contributed by atoms with Gasteiger partial charge in [0.1, 0.15) is 5.76 Å². The fourth-order valence-corrected chi connectivity index (χ4v) is 3.86. The molecule has 0 bridgehead atoms. The minimum Gasteiger partial charge on any atom is -0.388 e. The summed E-state index contributed by atoms with van der Waals surface area (Å²) in [5.74, 6) is 1.80. The summed E-state index contributed by atoms with van der Waals surface area (Å²) in [6.07, 6.45) is 5.21. The van der Waals surface area contributed by atoms with Gasteiger partial charge in [-0.25, -0.2) is 0 Å². The van der Waals surface area contributed by atoms with Gasteiger partial charge in [-0.1, -0.05) is 24.4 Å². The van der Waals surface area contributed by atoms with Crippen molar-refractivity contribution in [3.05, 3.63) is 17.5 Å². The van der Waals surface area contributed by atoms with Crippen molar-refractivity contribution in [1.29, 1.82) is 0 Å². The Bertz CT molecular complexity index is 593. The Balaban J connectivity index is 0.00000261. The van der Waals surface area contributed by atoms with Gasteiger partial charge in [0.05, 0.1) is 17.8 Å². The van der Waals surface area contributed by atoms with Gasteiger partial charge in [0.25, 0.3) is 0 Å². The molecule has 1 aromatic heterocycles. The number of nitrogens with zero attached hydrogens (tertiary/aromatic N) is 4. The monoisotopic (exact) mass is 491 g/mol. The van der Waals surface area contributed by atoms with Gasteiger partial charge in [-0.3, -0.25) is 9.89 Å². The van der Waals surface area contributed by atoms with Gasteiger partial charge in [-0.15, -0.1) is 24.0 Å². The number of aromatic nitrogens is 1. The van der Waals surface area contributed by atoms with Crippen LogP contribution in [0.15, 0.2) is 15.6 Å². The van der Waals surface area contributed by atoms with Crippen molar-refractivity contribution in [1.82, 2.24) is 20.3 Å². The van der Waals surface area contributed by atoms with Gasteiger partial charge in [-0.05, 0) is 26.7 Å². The van der Waals surface area contributed by atoms with E-state index < -0.39 is 5.60 Å². The van der Waals surface area contributed by atoms with E-state index >= 15 is 0 Å². The SMILES string of the molecule is CCNC(=NCC1(O)CCCCC1)N1CCN(Cc2cc(C)on2)CC1.I. The van der Waals surface area contributed by atoms with Crippen molar-refractivity contribution in [2.45, 2.75) is 58.1 Å². The summed E-state index contributed by atoms with van der Waals surface area (Å²) in [5, 5.41) is 18.2. The predicted octanol–water partition coefficient (Wildman–Crippen LogP) is 2.38. The van der Waals surface area contributed by atoms with E-state index in [9.17, 15) is 5.11 Å². The molecule has 0 unspecified atom stereocenters. The van der Waals surface area contributed by atoms with Crippen LogP contribution >= 0.6 is 24.0 Å². The highest BCUT2D eigenvalue weighted by Gasteiger charge is 2.29. The fraction of sp³-hybridized carbons (Fsp3) is 0.789. The molecule has 27 heavy (non-hydrogen) atoms. The van der Waals surface area contributed by atoms with E-state index in [2.05, 4.69) is 27.2 Å². The Labute approximate surface area is 179 Å². The number of guanidine groups is 1. The molecule has 1 saturated carbocycles. The lowest BCUT2D eigenvalue weighted by atomic mass is 9.85. The van der Waals surface area contributed by atoms with Gasteiger partial charge < -0.3 is 19.8 Å². The highest BCUT2D eigenvalue weighted by atomic mass is 127. The maximum atomic E-state index is 10.7. The number of aliphatic imine (C=N–C) groups is 1. The summed E-state index contributed by atoms with van der Waals surface area (Å²) >= 11 is 0. The zero-order valence-corrected chi connectivity index (χ0v) is 18.9. The average molecular weight is 491 g/mol. The second-order valence-electron chi connectivity index (χ2n) is 7.65. The molecule has 0 spiro atoms. The Morgan fingerprint density at radius 3 is 2.56 bits per heavy atom. The molecule has 1 aromatic rings. The van der Waals surface area contributed by atoms with Crippen LogP contribution in [0.25, 0.3) is 0 Å². The van der Waals surface area contributed by atoms with Crippen LogP contribution in [0, 0.1) is 6.92 Å². The fourth-order valence-electron chi connectivity index (χ4n) is 3.86. The van der Waals surface area contributed by atoms with Crippen LogP contribution in [0.2, 0.25) is 0 Å². The Morgan fingerprint density at radius 1 is 1.26 bits per heavy atom. The first-order valence-corrected chi connectivity index (χ1v) is 9.98. The first-order chi connectivity index (χ1) is 12.6. The standard InChI is InChI=1S/C19H33N5O2.HI/c1-3-20-18(21-15-19(25)7-5-4-6-8-19)24-11-9-23(10-12-24)14-17-13-16(2)26-22-17;/h13,25H,3-12,14-15H2,1-2H3,(H,20,21);1H. The number of hydrogen-bond acceptors (Lipinski definition) is 5. The van der Waals surface area contributed by atoms with Crippen LogP contribution in [0.3, 0.4) is 0 Å². The molecule has 1 saturated heterocycles. The molecule has 8 heteroatoms. The van der Waals surface area contributed by atoms with Crippen LogP contribution in [-0.2, 0) is 6.54 Å². The van der Waals surface area contributed by atoms with Crippen molar-refractivity contribution in [3.63, 3.8) is 0 Å². The number of piperazine rings is 1. The third-order valence-corrected chi connectivity index (χ3v) is 5.38. The lowest BCUT2D eigenvalue weighted by Gasteiger charge is -2.37. The molecule has 1 aliphatic carbocycles. The van der Waals surface area contributed by atoms with E-state index in [1.807, 2.05) is 13.0 Å². The number of hydrogen-bond donors (Lipinski definition) is 2. The first kappa shape index (κ1) is 22.4. The van der Waals surface area contributed by atoms with E-state index in [1.54, 1.807) is 0 Å². The molecule has 2 fully saturated rings. The third-order valence-electron chi connectivity index (χ3n) is 5.38. The van der Waals surface area contributed by atoms with Crippen molar-refractivity contribution < 1.29 is 9.63 Å². The van der Waals surface area contributed by atoms with Crippen molar-refractivity contribution in [2.24, 2.45) is 4.99 Å². The highest BCUT2D eigenvalue weighted by molar-refractivity contribution is 14.0. The summed E-state index contributed by atoms with van der Waals surface area (Å²) in [6, 6.07) is 2.00. The van der Waals surface area contributed by atoms with Crippen molar-refractivity contribution in [2.75, 3.05) is 39.3 Å². The molecule has 0 amide bonds. The molecule has 7 nitrogen and oxygen atoms in total. The minimum absolute atomic E-state index is 0. The largest absolute Gasteiger partial charge is 0.388 e. The molecule has 0 atom stereocenters. The molecule has 3 rings (SSSR count). The van der Waals surface area contributed by atoms with Gasteiger partial charge >= 0.3 is 0 Å². The number of halogens is 1. The lowest BCUT2D eigenvalue weighted by molar-refractivity contribution is 0.0128. The van der Waals surface area contributed by atoms with Crippen LogP contribution in [-0.4, -0.2) is 70.9 Å². The maximum absolute atomic E-state index is 10.7. The van der Waals surface area contributed by atoms with E-state index in [0.29, 0.717) is 6.54 Å². The lowest BCUT2D eigenvalue weighted by Crippen LogP contribution is -2.52. The zero-order valence-electron chi connectivity index (χ0n) is 16.6. The molecule has 2 aliphatic rings. The maximum Gasteiger partial charge on any atom is 0.194 e. The van der Waals surface area contributed by atoms with Crippen LogP contribution < -0.4 is 5.32 Å². The Kier molecular flexibility index (Phi) is 8.81. The molecule has 0 aromatic carbocycles. The summed E-state index contributed by atoms with van der Waals surface area (Å²) in [5.41, 5.74) is 0.391. The highest BCUT2D eigenvalue weighted by Crippen LogP contribution is 2.28. The molecule has 0 radical (unpaired) electrons. The van der Waals surface area contributed by atoms with Crippen LogP contribution in [0.1, 0.15) is 50.5 Å². The molecule has 1 aliphatic heterocycles. The Hall–Kier alpha value is -0.870. The summed E-state index contributed by atoms with van der Waals surface area (Å²) in [6.45, 7) is 10.0. The predicted molar refractivity (Wildman–Crippen MR) is 118 cm³/mol. The number of rotatable bonds is 5. The van der Waals surface area contributed by atoms with Gasteiger partial charge in [0, 0.05) is 45.3 Å². The van der Waals surface area contributed by atoms with E-state index in [4.69, 9.17) is 9.52 Å². The average Bonchev–Trinajstić information content (AvgIpc) is 3.05. The van der Waals surface area contributed by atoms with Gasteiger partial charge in [0.15, 0.2) is 5.96 Å². The summed E-state index contributed by atoms with van der Waals surface area (Å²) in [4.78, 5) is 9.48. The van der Waals surface area contributed by atoms with Gasteiger partial charge in [-0.2, -0.15) is 0 Å². The molecule has 154 valence electrons. The van der Waals surface area contributed by atoms with E-state index in [1.165, 1.54) is 6.42 Å². The quantitative estimate of drug-likeness (QED) is 0.374. The van der Waals surface area contributed by atoms with Crippen LogP contribution in [0.4, 0.5) is 0 Å². The summed E-state index contributed by atoms with van der Waals surface area (Å²) in [7, 11) is 0. The van der Waals surface area contributed by atoms with Gasteiger partial charge in [0.2, 0.25) is 0 Å². The van der Waals surface area contributed by atoms with E-state index in [0.717, 1.165) is 82.4 Å². The second-order valence-corrected chi connectivity index (χ2v) is 7.65. The topological polar surface area (TPSA) is 77.1 Å². The number of aliphatic hydroxyl groups is 1. The molecule has 2 N–H and O–H groups in total. The van der Waals surface area contributed by atoms with Crippen molar-refractivity contribution >= 4 is 29.9 Å². The van der Waals surface area contributed by atoms with Crippen LogP contribution in [0.5, 0.6) is 0 Å². The normalized spacial score (nSPS) is 21.0. The summed E-state index contributed by atoms with van der Waals surface area (Å²) < 4.78 is 5.16. The van der Waals surface area contributed by atoms with E-state index in [-0.39, 0.29) is 24.0 Å². The third kappa shape index (κ3) is 6.60.